The van der Waals surface area contributed by atoms with Gasteiger partial charge in [-0.15, -0.1) is 0 Å². The van der Waals surface area contributed by atoms with Gasteiger partial charge in [-0.1, -0.05) is 37.5 Å². The van der Waals surface area contributed by atoms with E-state index in [1.54, 1.807) is 0 Å². The molecule has 3 rings (SSSR count). The van der Waals surface area contributed by atoms with Crippen molar-refractivity contribution in [2.75, 3.05) is 18.5 Å². The Morgan fingerprint density at radius 2 is 1.90 bits per heavy atom. The summed E-state index contributed by atoms with van der Waals surface area (Å²) in [5.74, 6) is 0.927. The number of aromatic nitrogens is 1. The molecule has 0 bridgehead atoms. The van der Waals surface area contributed by atoms with Crippen molar-refractivity contribution in [2.45, 2.75) is 38.2 Å². The third-order valence-electron chi connectivity index (χ3n) is 3.91. The predicted molar refractivity (Wildman–Crippen MR) is 83.1 cm³/mol. The van der Waals surface area contributed by atoms with Gasteiger partial charge < -0.3 is 10.1 Å². The maximum atomic E-state index is 5.90. The van der Waals surface area contributed by atoms with Gasteiger partial charge >= 0.3 is 0 Å². The van der Waals surface area contributed by atoms with Crippen molar-refractivity contribution in [3.8, 4) is 0 Å². The Labute approximate surface area is 120 Å². The van der Waals surface area contributed by atoms with Crippen LogP contribution in [0.4, 0.5) is 5.82 Å². The fraction of sp³-hybridized carbons (Fsp3) is 0.471. The molecule has 1 N–H and O–H groups in total. The zero-order valence-corrected chi connectivity index (χ0v) is 11.8. The highest BCUT2D eigenvalue weighted by Gasteiger charge is 2.12. The van der Waals surface area contributed by atoms with Crippen molar-refractivity contribution in [2.24, 2.45) is 0 Å². The highest BCUT2D eigenvalue weighted by atomic mass is 16.5. The molecule has 0 unspecified atom stereocenters. The molecule has 0 radical (unpaired) electrons. The lowest BCUT2D eigenvalue weighted by molar-refractivity contribution is 0.0347. The number of anilines is 1. The van der Waals surface area contributed by atoms with Crippen LogP contribution in [0.15, 0.2) is 36.4 Å². The second-order valence-corrected chi connectivity index (χ2v) is 5.45. The van der Waals surface area contributed by atoms with E-state index in [1.807, 2.05) is 24.3 Å². The summed E-state index contributed by atoms with van der Waals surface area (Å²) < 4.78 is 5.90. The van der Waals surface area contributed by atoms with E-state index in [0.717, 1.165) is 24.5 Å². The molecule has 106 valence electrons. The third kappa shape index (κ3) is 3.48. The van der Waals surface area contributed by atoms with E-state index in [-0.39, 0.29) is 0 Å². The zero-order valence-electron chi connectivity index (χ0n) is 11.8. The normalized spacial score (nSPS) is 16.4. The number of para-hydroxylation sites is 1. The van der Waals surface area contributed by atoms with Crippen molar-refractivity contribution in [3.63, 3.8) is 0 Å². The van der Waals surface area contributed by atoms with Gasteiger partial charge in [0.1, 0.15) is 5.82 Å². The molecular weight excluding hydrogens is 248 g/mol. The molecule has 20 heavy (non-hydrogen) atoms. The smallest absolute Gasteiger partial charge is 0.126 e. The Hall–Kier alpha value is -1.61. The lowest BCUT2D eigenvalue weighted by Crippen LogP contribution is -2.20. The molecule has 3 heteroatoms. The summed E-state index contributed by atoms with van der Waals surface area (Å²) in [7, 11) is 0. The van der Waals surface area contributed by atoms with Crippen molar-refractivity contribution >= 4 is 16.7 Å². The molecule has 0 spiro atoms. The summed E-state index contributed by atoms with van der Waals surface area (Å²) in [5, 5.41) is 4.52. The molecule has 1 aromatic carbocycles. The van der Waals surface area contributed by atoms with Crippen LogP contribution in [-0.4, -0.2) is 24.2 Å². The molecule has 1 heterocycles. The van der Waals surface area contributed by atoms with E-state index in [1.165, 1.54) is 37.5 Å². The van der Waals surface area contributed by atoms with E-state index in [9.17, 15) is 0 Å². The second kappa shape index (κ2) is 6.71. The number of nitrogens with one attached hydrogen (secondary N) is 1. The van der Waals surface area contributed by atoms with Crippen LogP contribution in [0.2, 0.25) is 0 Å². The van der Waals surface area contributed by atoms with Crippen LogP contribution < -0.4 is 5.32 Å². The largest absolute Gasteiger partial charge is 0.376 e. The minimum absolute atomic E-state index is 0.482. The second-order valence-electron chi connectivity index (χ2n) is 5.45. The SMILES string of the molecule is c1ccc2nc(NCCOC3CCCCC3)ccc2c1. The van der Waals surface area contributed by atoms with E-state index in [4.69, 9.17) is 4.74 Å². The number of rotatable bonds is 5. The maximum Gasteiger partial charge on any atom is 0.126 e. The number of benzene rings is 1. The van der Waals surface area contributed by atoms with E-state index in [0.29, 0.717) is 6.10 Å². The molecule has 0 aliphatic heterocycles. The van der Waals surface area contributed by atoms with Crippen LogP contribution in [0.1, 0.15) is 32.1 Å². The van der Waals surface area contributed by atoms with Gasteiger partial charge in [0.25, 0.3) is 0 Å². The van der Waals surface area contributed by atoms with Crippen LogP contribution in [0.5, 0.6) is 0 Å². The fourth-order valence-corrected chi connectivity index (χ4v) is 2.80. The van der Waals surface area contributed by atoms with Gasteiger partial charge in [-0.3, -0.25) is 0 Å². The molecule has 1 aliphatic rings. The summed E-state index contributed by atoms with van der Waals surface area (Å²) >= 11 is 0. The van der Waals surface area contributed by atoms with Crippen LogP contribution in [0.3, 0.4) is 0 Å². The molecule has 1 saturated carbocycles. The molecule has 3 nitrogen and oxygen atoms in total. The summed E-state index contributed by atoms with van der Waals surface area (Å²) in [4.78, 5) is 4.59. The quantitative estimate of drug-likeness (QED) is 0.834. The molecule has 0 saturated heterocycles. The van der Waals surface area contributed by atoms with Crippen molar-refractivity contribution in [3.05, 3.63) is 36.4 Å². The van der Waals surface area contributed by atoms with Crippen LogP contribution >= 0.6 is 0 Å². The molecular formula is C17H22N2O. The van der Waals surface area contributed by atoms with Crippen LogP contribution in [-0.2, 0) is 4.74 Å². The summed E-state index contributed by atoms with van der Waals surface area (Å²) in [6, 6.07) is 12.3. The number of hydrogen-bond donors (Lipinski definition) is 1. The number of nitrogens with zero attached hydrogens (tertiary/aromatic N) is 1. The summed E-state index contributed by atoms with van der Waals surface area (Å²) in [5.41, 5.74) is 1.03. The molecule has 2 aromatic rings. The topological polar surface area (TPSA) is 34.2 Å². The first-order valence-corrected chi connectivity index (χ1v) is 7.63. The van der Waals surface area contributed by atoms with Crippen LogP contribution in [0.25, 0.3) is 10.9 Å². The van der Waals surface area contributed by atoms with E-state index >= 15 is 0 Å². The first-order valence-electron chi connectivity index (χ1n) is 7.63. The van der Waals surface area contributed by atoms with Crippen molar-refractivity contribution in [1.82, 2.24) is 4.98 Å². The van der Waals surface area contributed by atoms with Gasteiger partial charge in [-0.25, -0.2) is 4.98 Å². The summed E-state index contributed by atoms with van der Waals surface area (Å²) in [6.45, 7) is 1.58. The Bertz CT molecular complexity index is 549. The average molecular weight is 270 g/mol. The Morgan fingerprint density at radius 1 is 1.05 bits per heavy atom. The monoisotopic (exact) mass is 270 g/mol. The van der Waals surface area contributed by atoms with Gasteiger partial charge in [0.15, 0.2) is 0 Å². The molecule has 0 amide bonds. The van der Waals surface area contributed by atoms with E-state index in [2.05, 4.69) is 22.4 Å². The molecule has 1 fully saturated rings. The van der Waals surface area contributed by atoms with Gasteiger partial charge in [0.05, 0.1) is 18.2 Å². The molecule has 1 aliphatic carbocycles. The maximum absolute atomic E-state index is 5.90. The van der Waals surface area contributed by atoms with Crippen molar-refractivity contribution < 1.29 is 4.74 Å². The predicted octanol–water partition coefficient (Wildman–Crippen LogP) is 4.00. The lowest BCUT2D eigenvalue weighted by Gasteiger charge is -2.22. The Balaban J connectivity index is 1.47. The average Bonchev–Trinajstić information content (AvgIpc) is 2.52. The Morgan fingerprint density at radius 3 is 2.80 bits per heavy atom. The lowest BCUT2D eigenvalue weighted by atomic mass is 9.98. The van der Waals surface area contributed by atoms with Crippen LogP contribution in [0, 0.1) is 0 Å². The highest BCUT2D eigenvalue weighted by molar-refractivity contribution is 5.79. The van der Waals surface area contributed by atoms with Gasteiger partial charge in [0.2, 0.25) is 0 Å². The number of ether oxygens (including phenoxy) is 1. The minimum Gasteiger partial charge on any atom is -0.376 e. The van der Waals surface area contributed by atoms with E-state index < -0.39 is 0 Å². The van der Waals surface area contributed by atoms with Gasteiger partial charge in [0, 0.05) is 11.9 Å². The third-order valence-corrected chi connectivity index (χ3v) is 3.91. The first kappa shape index (κ1) is 13.4. The van der Waals surface area contributed by atoms with Crippen molar-refractivity contribution in [1.29, 1.82) is 0 Å². The standard InChI is InChI=1S/C17H22N2O/c1-2-7-15(8-3-1)20-13-12-18-17-11-10-14-6-4-5-9-16(14)19-17/h4-6,9-11,15H,1-3,7-8,12-13H2,(H,18,19). The highest BCUT2D eigenvalue weighted by Crippen LogP contribution is 2.20. The number of hydrogen-bond acceptors (Lipinski definition) is 3. The Kier molecular flexibility index (Phi) is 4.49. The van der Waals surface area contributed by atoms with Gasteiger partial charge in [-0.05, 0) is 31.0 Å². The van der Waals surface area contributed by atoms with Gasteiger partial charge in [-0.2, -0.15) is 0 Å². The minimum atomic E-state index is 0.482. The molecule has 0 atom stereocenters. The fourth-order valence-electron chi connectivity index (χ4n) is 2.80. The number of fused-ring (bicyclic) bond motifs is 1. The first-order chi connectivity index (χ1) is 9.92. The zero-order chi connectivity index (χ0) is 13.6. The number of pyridine rings is 1. The summed E-state index contributed by atoms with van der Waals surface area (Å²) in [6.07, 6.45) is 6.96. The molecule has 1 aromatic heterocycles.